The van der Waals surface area contributed by atoms with Gasteiger partial charge in [-0.05, 0) is 38.5 Å². The Morgan fingerprint density at radius 1 is 0.710 bits per heavy atom. The van der Waals surface area contributed by atoms with Gasteiger partial charge in [0.2, 0.25) is 0 Å². The largest absolute Gasteiger partial charge is 0.488 e. The number of hydrogen-bond donors (Lipinski definition) is 1. The van der Waals surface area contributed by atoms with Crippen molar-refractivity contribution in [3.05, 3.63) is 29.8 Å². The zero-order valence-electron chi connectivity index (χ0n) is 16.1. The Labute approximate surface area is 169 Å². The molecular formula is C18H17F11O2. The van der Waals surface area contributed by atoms with E-state index in [1.165, 1.54) is 0 Å². The van der Waals surface area contributed by atoms with Gasteiger partial charge in [-0.2, -0.15) is 43.9 Å². The third-order valence-corrected chi connectivity index (χ3v) is 4.74. The van der Waals surface area contributed by atoms with E-state index >= 15 is 0 Å². The van der Waals surface area contributed by atoms with Gasteiger partial charge in [0.05, 0.1) is 6.10 Å². The van der Waals surface area contributed by atoms with E-state index in [-0.39, 0.29) is 5.75 Å². The molecule has 1 aliphatic rings. The highest BCUT2D eigenvalue weighted by Gasteiger charge is 3.00. The fourth-order valence-corrected chi connectivity index (χ4v) is 3.04. The first-order chi connectivity index (χ1) is 13.6. The molecular weight excluding hydrogens is 457 g/mol. The molecule has 178 valence electrons. The molecule has 1 aromatic rings. The van der Waals surface area contributed by atoms with Gasteiger partial charge in [-0.1, -0.05) is 12.1 Å². The molecule has 1 atom stereocenters. The van der Waals surface area contributed by atoms with E-state index in [1.807, 2.05) is 0 Å². The van der Waals surface area contributed by atoms with E-state index < -0.39 is 59.0 Å². The molecule has 1 N–H and O–H groups in total. The summed E-state index contributed by atoms with van der Waals surface area (Å²) in [5.41, 5.74) is -7.57. The van der Waals surface area contributed by atoms with Crippen LogP contribution in [0.4, 0.5) is 48.3 Å². The van der Waals surface area contributed by atoms with Gasteiger partial charge in [-0.15, -0.1) is 0 Å². The minimum Gasteiger partial charge on any atom is -0.488 e. The lowest BCUT2D eigenvalue weighted by molar-refractivity contribution is -0.487. The Hall–Kier alpha value is -1.79. The first kappa shape index (κ1) is 25.5. The molecule has 0 aliphatic heterocycles. The van der Waals surface area contributed by atoms with E-state index in [4.69, 9.17) is 4.74 Å². The molecule has 31 heavy (non-hydrogen) atoms. The zero-order chi connectivity index (χ0) is 24.5. The van der Waals surface area contributed by atoms with Crippen LogP contribution in [0.25, 0.3) is 0 Å². The van der Waals surface area contributed by atoms with Crippen molar-refractivity contribution >= 4 is 0 Å². The van der Waals surface area contributed by atoms with Crippen molar-refractivity contribution in [3.63, 3.8) is 0 Å². The molecule has 0 amide bonds. The van der Waals surface area contributed by atoms with Crippen LogP contribution >= 0.6 is 0 Å². The first-order valence-electron chi connectivity index (χ1n) is 8.62. The Morgan fingerprint density at radius 2 is 1.06 bits per heavy atom. The molecule has 0 spiro atoms. The number of halogens is 11. The van der Waals surface area contributed by atoms with E-state index in [9.17, 15) is 53.4 Å². The van der Waals surface area contributed by atoms with Gasteiger partial charge in [0.1, 0.15) is 11.4 Å². The fraction of sp³-hybridized carbons (Fsp3) is 0.667. The van der Waals surface area contributed by atoms with Crippen LogP contribution in [-0.4, -0.2) is 46.0 Å². The molecule has 1 saturated carbocycles. The van der Waals surface area contributed by atoms with Gasteiger partial charge in [0, 0.05) is 6.42 Å². The predicted octanol–water partition coefficient (Wildman–Crippen LogP) is 6.19. The summed E-state index contributed by atoms with van der Waals surface area (Å²) in [6.45, 7) is 4.89. The maximum atomic E-state index is 14.7. The smallest absolute Gasteiger partial charge is 0.384 e. The van der Waals surface area contributed by atoms with Crippen molar-refractivity contribution in [1.29, 1.82) is 0 Å². The number of hydrogen-bond acceptors (Lipinski definition) is 2. The zero-order valence-corrected chi connectivity index (χ0v) is 16.1. The Morgan fingerprint density at radius 3 is 1.42 bits per heavy atom. The SMILES string of the molecule is CC(C)(C)Oc1ccc(C(O)CC2(F)C(F)(F)C(F)(F)C(F)(F)C(F)(F)C2(F)F)cc1. The summed E-state index contributed by atoms with van der Waals surface area (Å²) < 4.78 is 156. The van der Waals surface area contributed by atoms with Crippen LogP contribution in [0.2, 0.25) is 0 Å². The second-order valence-corrected chi connectivity index (χ2v) is 8.18. The molecule has 0 bridgehead atoms. The summed E-state index contributed by atoms with van der Waals surface area (Å²) in [5.74, 6) is -35.5. The number of aliphatic hydroxyl groups excluding tert-OH is 1. The second-order valence-electron chi connectivity index (χ2n) is 8.18. The minimum absolute atomic E-state index is 0.115. The van der Waals surface area contributed by atoms with Gasteiger partial charge in [0.25, 0.3) is 5.67 Å². The summed E-state index contributed by atoms with van der Waals surface area (Å²) in [7, 11) is 0. The van der Waals surface area contributed by atoms with E-state index in [1.54, 1.807) is 20.8 Å². The lowest BCUT2D eigenvalue weighted by Crippen LogP contribution is -2.83. The van der Waals surface area contributed by atoms with Crippen LogP contribution in [0, 0.1) is 0 Å². The molecule has 1 aromatic carbocycles. The van der Waals surface area contributed by atoms with Gasteiger partial charge in [-0.3, -0.25) is 0 Å². The molecule has 0 aromatic heterocycles. The standard InChI is InChI=1S/C18H17F11O2/c1-12(2,3)31-10-6-4-9(5-7-10)11(30)8-13(19)14(20,21)16(24,25)18(28,29)17(26,27)15(13,22)23/h4-7,11,30H,8H2,1-3H3. The summed E-state index contributed by atoms with van der Waals surface area (Å²) >= 11 is 0. The third-order valence-electron chi connectivity index (χ3n) is 4.74. The molecule has 13 heteroatoms. The van der Waals surface area contributed by atoms with Gasteiger partial charge >= 0.3 is 29.6 Å². The number of ether oxygens (including phenoxy) is 1. The topological polar surface area (TPSA) is 29.5 Å². The van der Waals surface area contributed by atoms with E-state index in [2.05, 4.69) is 0 Å². The highest BCUT2D eigenvalue weighted by Crippen LogP contribution is 2.70. The number of benzene rings is 1. The summed E-state index contributed by atoms with van der Waals surface area (Å²) in [6.07, 6.45) is -5.49. The lowest BCUT2D eigenvalue weighted by atomic mass is 9.69. The van der Waals surface area contributed by atoms with Crippen molar-refractivity contribution in [2.24, 2.45) is 0 Å². The van der Waals surface area contributed by atoms with E-state index in [0.717, 1.165) is 24.3 Å². The van der Waals surface area contributed by atoms with Crippen LogP contribution in [0.5, 0.6) is 5.75 Å². The third kappa shape index (κ3) is 3.34. The Balaban J connectivity index is 2.48. The normalized spacial score (nSPS) is 26.2. The molecule has 1 fully saturated rings. The molecule has 0 heterocycles. The molecule has 0 saturated heterocycles. The molecule has 1 aliphatic carbocycles. The Kier molecular flexibility index (Phi) is 5.63. The summed E-state index contributed by atoms with van der Waals surface area (Å²) in [4.78, 5) is 0. The van der Waals surface area contributed by atoms with Crippen LogP contribution in [0.1, 0.15) is 38.9 Å². The van der Waals surface area contributed by atoms with Crippen LogP contribution in [-0.2, 0) is 0 Å². The second kappa shape index (κ2) is 6.85. The minimum atomic E-state index is -7.28. The quantitative estimate of drug-likeness (QED) is 0.528. The van der Waals surface area contributed by atoms with E-state index in [0.29, 0.717) is 0 Å². The fourth-order valence-electron chi connectivity index (χ4n) is 3.04. The maximum Gasteiger partial charge on any atom is 0.384 e. The van der Waals surface area contributed by atoms with Crippen LogP contribution < -0.4 is 4.74 Å². The lowest BCUT2D eigenvalue weighted by Gasteiger charge is -2.52. The van der Waals surface area contributed by atoms with Crippen molar-refractivity contribution in [3.8, 4) is 5.75 Å². The van der Waals surface area contributed by atoms with Gasteiger partial charge < -0.3 is 9.84 Å². The monoisotopic (exact) mass is 474 g/mol. The number of rotatable bonds is 4. The Bertz CT molecular complexity index is 783. The summed E-state index contributed by atoms with van der Waals surface area (Å²) in [5, 5.41) is 9.87. The van der Waals surface area contributed by atoms with Gasteiger partial charge in [0.15, 0.2) is 0 Å². The van der Waals surface area contributed by atoms with Crippen LogP contribution in [0.3, 0.4) is 0 Å². The molecule has 2 nitrogen and oxygen atoms in total. The van der Waals surface area contributed by atoms with Gasteiger partial charge in [-0.25, -0.2) is 4.39 Å². The molecule has 0 radical (unpaired) electrons. The van der Waals surface area contributed by atoms with Crippen molar-refractivity contribution in [1.82, 2.24) is 0 Å². The predicted molar refractivity (Wildman–Crippen MR) is 85.0 cm³/mol. The first-order valence-corrected chi connectivity index (χ1v) is 8.62. The average molecular weight is 474 g/mol. The average Bonchev–Trinajstić information content (AvgIpc) is 2.59. The molecule has 1 unspecified atom stereocenters. The van der Waals surface area contributed by atoms with Crippen molar-refractivity contribution in [2.45, 2.75) is 74.2 Å². The highest BCUT2D eigenvalue weighted by atomic mass is 19.4. The van der Waals surface area contributed by atoms with Crippen molar-refractivity contribution in [2.75, 3.05) is 0 Å². The summed E-state index contributed by atoms with van der Waals surface area (Å²) in [6, 6.07) is 3.84. The number of aliphatic hydroxyl groups is 1. The maximum absolute atomic E-state index is 14.7. The number of alkyl halides is 11. The van der Waals surface area contributed by atoms with Crippen LogP contribution in [0.15, 0.2) is 24.3 Å². The molecule has 2 rings (SSSR count). The van der Waals surface area contributed by atoms with Crippen molar-refractivity contribution < 1.29 is 58.1 Å². The highest BCUT2D eigenvalue weighted by molar-refractivity contribution is 5.31.